The maximum absolute atomic E-state index is 4.76. The molecule has 0 amide bonds. The van der Waals surface area contributed by atoms with Crippen LogP contribution in [0.5, 0.6) is 0 Å². The molecule has 5 heteroatoms. The molecule has 3 heterocycles. The van der Waals surface area contributed by atoms with Gasteiger partial charge in [0, 0.05) is 36.0 Å². The summed E-state index contributed by atoms with van der Waals surface area (Å²) in [5.41, 5.74) is 3.06. The molecule has 1 aliphatic rings. The van der Waals surface area contributed by atoms with Crippen LogP contribution in [0, 0.1) is 13.8 Å². The van der Waals surface area contributed by atoms with Gasteiger partial charge >= 0.3 is 0 Å². The lowest BCUT2D eigenvalue weighted by atomic mass is 10.1. The monoisotopic (exact) mass is 334 g/mol. The van der Waals surface area contributed by atoms with Gasteiger partial charge < -0.3 is 9.80 Å². The number of anilines is 1. The van der Waals surface area contributed by atoms with Crippen molar-refractivity contribution in [1.29, 1.82) is 0 Å². The standard InChI is InChI=1S/C15H19BrN4/c1-10-12-4-5-13(20-8-6-19(3)7-9-20)18-15(12)17-11(2)14(10)16/h4-5H,6-9H2,1-3H3. The molecular formula is C15H19BrN4. The van der Waals surface area contributed by atoms with Crippen LogP contribution in [0.25, 0.3) is 11.0 Å². The highest BCUT2D eigenvalue weighted by atomic mass is 79.9. The number of aryl methyl sites for hydroxylation is 2. The summed E-state index contributed by atoms with van der Waals surface area (Å²) in [5, 5.41) is 1.13. The third-order valence-corrected chi connectivity index (χ3v) is 5.18. The minimum atomic E-state index is 0.847. The van der Waals surface area contributed by atoms with Crippen LogP contribution in [0.15, 0.2) is 16.6 Å². The molecule has 1 saturated heterocycles. The van der Waals surface area contributed by atoms with Crippen molar-refractivity contribution in [2.75, 3.05) is 38.1 Å². The van der Waals surface area contributed by atoms with E-state index in [-0.39, 0.29) is 0 Å². The van der Waals surface area contributed by atoms with E-state index in [9.17, 15) is 0 Å². The molecule has 0 atom stereocenters. The normalized spacial score (nSPS) is 16.9. The molecule has 0 unspecified atom stereocenters. The van der Waals surface area contributed by atoms with Crippen LogP contribution < -0.4 is 4.90 Å². The Balaban J connectivity index is 2.01. The maximum Gasteiger partial charge on any atom is 0.162 e. The van der Waals surface area contributed by atoms with Crippen molar-refractivity contribution in [2.24, 2.45) is 0 Å². The molecule has 0 radical (unpaired) electrons. The van der Waals surface area contributed by atoms with Crippen molar-refractivity contribution in [3.05, 3.63) is 27.9 Å². The first-order valence-corrected chi connectivity index (χ1v) is 7.72. The van der Waals surface area contributed by atoms with Crippen LogP contribution in [-0.2, 0) is 0 Å². The number of pyridine rings is 2. The SMILES string of the molecule is Cc1nc2nc(N3CCN(C)CC3)ccc2c(C)c1Br. The number of fused-ring (bicyclic) bond motifs is 1. The number of piperazine rings is 1. The van der Waals surface area contributed by atoms with Gasteiger partial charge in [-0.15, -0.1) is 0 Å². The molecule has 0 N–H and O–H groups in total. The van der Waals surface area contributed by atoms with Gasteiger partial charge in [-0.2, -0.15) is 0 Å². The predicted molar refractivity (Wildman–Crippen MR) is 86.4 cm³/mol. The molecule has 1 aliphatic heterocycles. The maximum atomic E-state index is 4.76. The zero-order valence-corrected chi connectivity index (χ0v) is 13.7. The molecular weight excluding hydrogens is 316 g/mol. The Labute approximate surface area is 127 Å². The van der Waals surface area contributed by atoms with Gasteiger partial charge in [0.15, 0.2) is 5.65 Å². The van der Waals surface area contributed by atoms with E-state index < -0.39 is 0 Å². The molecule has 0 aromatic carbocycles. The lowest BCUT2D eigenvalue weighted by Crippen LogP contribution is -2.44. The lowest BCUT2D eigenvalue weighted by Gasteiger charge is -2.33. The number of nitrogens with zero attached hydrogens (tertiary/aromatic N) is 4. The first kappa shape index (κ1) is 13.8. The third-order valence-electron chi connectivity index (χ3n) is 4.01. The molecule has 20 heavy (non-hydrogen) atoms. The van der Waals surface area contributed by atoms with Crippen molar-refractivity contribution in [3.63, 3.8) is 0 Å². The highest BCUT2D eigenvalue weighted by Crippen LogP contribution is 2.27. The number of rotatable bonds is 1. The number of hydrogen-bond acceptors (Lipinski definition) is 4. The highest BCUT2D eigenvalue weighted by Gasteiger charge is 2.16. The third kappa shape index (κ3) is 2.40. The second-order valence-electron chi connectivity index (χ2n) is 5.47. The van der Waals surface area contributed by atoms with Gasteiger partial charge in [0.25, 0.3) is 0 Å². The van der Waals surface area contributed by atoms with Gasteiger partial charge in [0.05, 0.1) is 5.69 Å². The first-order chi connectivity index (χ1) is 9.56. The number of hydrogen-bond donors (Lipinski definition) is 0. The van der Waals surface area contributed by atoms with E-state index in [2.05, 4.69) is 56.8 Å². The lowest BCUT2D eigenvalue weighted by molar-refractivity contribution is 0.312. The summed E-state index contributed by atoms with van der Waals surface area (Å²) in [6.45, 7) is 8.36. The van der Waals surface area contributed by atoms with Crippen LogP contribution >= 0.6 is 15.9 Å². The Morgan fingerprint density at radius 2 is 1.75 bits per heavy atom. The second kappa shape index (κ2) is 5.30. The molecule has 2 aromatic rings. The van der Waals surface area contributed by atoms with Gasteiger partial charge in [0.1, 0.15) is 5.82 Å². The Hall–Kier alpha value is -1.20. The quantitative estimate of drug-likeness (QED) is 0.802. The van der Waals surface area contributed by atoms with E-state index in [0.29, 0.717) is 0 Å². The summed E-state index contributed by atoms with van der Waals surface area (Å²) in [4.78, 5) is 14.1. The Morgan fingerprint density at radius 3 is 2.45 bits per heavy atom. The van der Waals surface area contributed by atoms with Gasteiger partial charge in [-0.3, -0.25) is 0 Å². The van der Waals surface area contributed by atoms with Crippen LogP contribution in [0.1, 0.15) is 11.3 Å². The molecule has 106 valence electrons. The van der Waals surface area contributed by atoms with Gasteiger partial charge in [-0.05, 0) is 54.5 Å². The van der Waals surface area contributed by atoms with E-state index in [1.807, 2.05) is 6.92 Å². The topological polar surface area (TPSA) is 32.3 Å². The fraction of sp³-hybridized carbons (Fsp3) is 0.467. The largest absolute Gasteiger partial charge is 0.354 e. The summed E-state index contributed by atoms with van der Waals surface area (Å²) in [5.74, 6) is 1.04. The molecule has 4 nitrogen and oxygen atoms in total. The molecule has 1 fully saturated rings. The summed E-state index contributed by atoms with van der Waals surface area (Å²) >= 11 is 3.60. The highest BCUT2D eigenvalue weighted by molar-refractivity contribution is 9.10. The van der Waals surface area contributed by atoms with Crippen molar-refractivity contribution < 1.29 is 0 Å². The fourth-order valence-electron chi connectivity index (χ4n) is 2.63. The summed E-state index contributed by atoms with van der Waals surface area (Å²) in [6, 6.07) is 4.26. The van der Waals surface area contributed by atoms with E-state index in [1.54, 1.807) is 0 Å². The summed E-state index contributed by atoms with van der Waals surface area (Å²) in [7, 11) is 2.16. The average Bonchev–Trinajstić information content (AvgIpc) is 2.45. The van der Waals surface area contributed by atoms with Crippen molar-refractivity contribution in [2.45, 2.75) is 13.8 Å². The molecule has 0 saturated carbocycles. The average molecular weight is 335 g/mol. The van der Waals surface area contributed by atoms with Gasteiger partial charge in [-0.25, -0.2) is 9.97 Å². The molecule has 0 aliphatic carbocycles. The number of halogens is 1. The Morgan fingerprint density at radius 1 is 1.05 bits per heavy atom. The minimum Gasteiger partial charge on any atom is -0.354 e. The van der Waals surface area contributed by atoms with Crippen molar-refractivity contribution in [3.8, 4) is 0 Å². The van der Waals surface area contributed by atoms with E-state index in [4.69, 9.17) is 4.98 Å². The first-order valence-electron chi connectivity index (χ1n) is 6.93. The van der Waals surface area contributed by atoms with E-state index in [0.717, 1.165) is 53.2 Å². The second-order valence-corrected chi connectivity index (χ2v) is 6.26. The van der Waals surface area contributed by atoms with Crippen LogP contribution in [0.4, 0.5) is 5.82 Å². The van der Waals surface area contributed by atoms with Crippen molar-refractivity contribution >= 4 is 32.8 Å². The zero-order chi connectivity index (χ0) is 14.3. The van der Waals surface area contributed by atoms with Crippen LogP contribution in [0.3, 0.4) is 0 Å². The zero-order valence-electron chi connectivity index (χ0n) is 12.1. The summed E-state index contributed by atoms with van der Waals surface area (Å²) in [6.07, 6.45) is 0. The fourth-order valence-corrected chi connectivity index (χ4v) is 2.93. The Bertz CT molecular complexity index is 648. The number of likely N-dealkylation sites (N-methyl/N-ethyl adjacent to an activating group) is 1. The van der Waals surface area contributed by atoms with E-state index >= 15 is 0 Å². The predicted octanol–water partition coefficient (Wildman–Crippen LogP) is 2.76. The summed E-state index contributed by atoms with van der Waals surface area (Å²) < 4.78 is 1.08. The number of aromatic nitrogens is 2. The minimum absolute atomic E-state index is 0.847. The van der Waals surface area contributed by atoms with Gasteiger partial charge in [0.2, 0.25) is 0 Å². The van der Waals surface area contributed by atoms with Crippen molar-refractivity contribution in [1.82, 2.24) is 14.9 Å². The molecule has 3 rings (SSSR count). The smallest absolute Gasteiger partial charge is 0.162 e. The molecule has 2 aromatic heterocycles. The Kier molecular flexibility index (Phi) is 3.65. The van der Waals surface area contributed by atoms with Gasteiger partial charge in [-0.1, -0.05) is 0 Å². The van der Waals surface area contributed by atoms with E-state index in [1.165, 1.54) is 5.56 Å². The molecule has 0 bridgehead atoms. The van der Waals surface area contributed by atoms with Crippen LogP contribution in [-0.4, -0.2) is 48.1 Å². The molecule has 0 spiro atoms. The van der Waals surface area contributed by atoms with Crippen LogP contribution in [0.2, 0.25) is 0 Å².